The van der Waals surface area contributed by atoms with E-state index in [1.165, 1.54) is 10.4 Å². The summed E-state index contributed by atoms with van der Waals surface area (Å²) < 4.78 is 0. The summed E-state index contributed by atoms with van der Waals surface area (Å²) in [5, 5.41) is 8.32. The van der Waals surface area contributed by atoms with Crippen LogP contribution in [0.3, 0.4) is 0 Å². The lowest BCUT2D eigenvalue weighted by molar-refractivity contribution is -0.121. The van der Waals surface area contributed by atoms with Gasteiger partial charge in [0.25, 0.3) is 0 Å². The molecular weight excluding hydrogens is 340 g/mol. The molecule has 0 radical (unpaired) electrons. The molecule has 0 aliphatic carbocycles. The van der Waals surface area contributed by atoms with Gasteiger partial charge in [-0.2, -0.15) is 0 Å². The SMILES string of the molecule is CNCCCC(=O)NC(c1ccc(C(C)C)cc1)c1cccs1.Cl. The van der Waals surface area contributed by atoms with Gasteiger partial charge in [0, 0.05) is 11.3 Å². The van der Waals surface area contributed by atoms with E-state index in [0.717, 1.165) is 18.5 Å². The Morgan fingerprint density at radius 3 is 2.33 bits per heavy atom. The van der Waals surface area contributed by atoms with Crippen LogP contribution in [-0.2, 0) is 4.79 Å². The molecule has 0 aliphatic rings. The number of amides is 1. The zero-order valence-electron chi connectivity index (χ0n) is 14.5. The molecular formula is C19H27ClN2OS. The fraction of sp³-hybridized carbons (Fsp3) is 0.421. The minimum atomic E-state index is -0.0571. The van der Waals surface area contributed by atoms with Crippen LogP contribution in [0.4, 0.5) is 0 Å². The van der Waals surface area contributed by atoms with Crippen LogP contribution in [0.15, 0.2) is 41.8 Å². The largest absolute Gasteiger partial charge is 0.344 e. The lowest BCUT2D eigenvalue weighted by Gasteiger charge is -2.19. The van der Waals surface area contributed by atoms with Crippen LogP contribution < -0.4 is 10.6 Å². The molecule has 1 heterocycles. The molecule has 1 unspecified atom stereocenters. The standard InChI is InChI=1S/C19H26N2OS.ClH/c1-14(2)15-8-10-16(11-9-15)19(17-6-5-13-23-17)21-18(22)7-4-12-20-3;/h5-6,8-11,13-14,19-20H,4,7,12H2,1-3H3,(H,21,22);1H. The molecule has 1 aromatic carbocycles. The van der Waals surface area contributed by atoms with Gasteiger partial charge in [0.1, 0.15) is 0 Å². The van der Waals surface area contributed by atoms with Crippen LogP contribution in [0.2, 0.25) is 0 Å². The summed E-state index contributed by atoms with van der Waals surface area (Å²) in [4.78, 5) is 13.4. The van der Waals surface area contributed by atoms with Crippen molar-refractivity contribution in [2.45, 2.75) is 38.6 Å². The highest BCUT2D eigenvalue weighted by Crippen LogP contribution is 2.27. The fourth-order valence-corrected chi connectivity index (χ4v) is 3.31. The first-order valence-corrected chi connectivity index (χ1v) is 9.07. The fourth-order valence-electron chi connectivity index (χ4n) is 2.51. The zero-order chi connectivity index (χ0) is 16.7. The van der Waals surface area contributed by atoms with E-state index in [0.29, 0.717) is 12.3 Å². The van der Waals surface area contributed by atoms with Crippen LogP contribution in [0, 0.1) is 0 Å². The van der Waals surface area contributed by atoms with E-state index in [4.69, 9.17) is 0 Å². The van der Waals surface area contributed by atoms with Gasteiger partial charge in [0.05, 0.1) is 6.04 Å². The number of carbonyl (C=O) groups excluding carboxylic acids is 1. The molecule has 2 rings (SSSR count). The second-order valence-corrected chi connectivity index (χ2v) is 7.02. The Hall–Kier alpha value is -1.36. The van der Waals surface area contributed by atoms with E-state index in [-0.39, 0.29) is 24.4 Å². The molecule has 1 aromatic heterocycles. The van der Waals surface area contributed by atoms with E-state index >= 15 is 0 Å². The lowest BCUT2D eigenvalue weighted by Crippen LogP contribution is -2.29. The maximum Gasteiger partial charge on any atom is 0.220 e. The summed E-state index contributed by atoms with van der Waals surface area (Å²) in [5.74, 6) is 0.618. The quantitative estimate of drug-likeness (QED) is 0.675. The molecule has 132 valence electrons. The molecule has 0 aliphatic heterocycles. The van der Waals surface area contributed by atoms with Crippen molar-refractivity contribution in [2.75, 3.05) is 13.6 Å². The Kier molecular flexibility index (Phi) is 9.04. The van der Waals surface area contributed by atoms with E-state index in [1.807, 2.05) is 13.1 Å². The van der Waals surface area contributed by atoms with Gasteiger partial charge >= 0.3 is 0 Å². The smallest absolute Gasteiger partial charge is 0.220 e. The lowest BCUT2D eigenvalue weighted by atomic mass is 9.98. The van der Waals surface area contributed by atoms with E-state index in [1.54, 1.807) is 11.3 Å². The van der Waals surface area contributed by atoms with Crippen molar-refractivity contribution in [1.82, 2.24) is 10.6 Å². The molecule has 0 saturated heterocycles. The molecule has 1 atom stereocenters. The van der Waals surface area contributed by atoms with E-state index in [2.05, 4.69) is 60.2 Å². The van der Waals surface area contributed by atoms with Crippen molar-refractivity contribution < 1.29 is 4.79 Å². The molecule has 1 amide bonds. The minimum Gasteiger partial charge on any atom is -0.344 e. The predicted molar refractivity (Wildman–Crippen MR) is 105 cm³/mol. The maximum absolute atomic E-state index is 12.2. The summed E-state index contributed by atoms with van der Waals surface area (Å²) in [6.07, 6.45) is 1.40. The second-order valence-electron chi connectivity index (χ2n) is 6.04. The van der Waals surface area contributed by atoms with Gasteiger partial charge in [-0.3, -0.25) is 4.79 Å². The van der Waals surface area contributed by atoms with Crippen LogP contribution in [0.1, 0.15) is 54.7 Å². The molecule has 0 bridgehead atoms. The van der Waals surface area contributed by atoms with Gasteiger partial charge in [-0.1, -0.05) is 44.2 Å². The Morgan fingerprint density at radius 1 is 1.12 bits per heavy atom. The Balaban J connectivity index is 0.00000288. The Bertz CT molecular complexity index is 596. The van der Waals surface area contributed by atoms with Crippen molar-refractivity contribution >= 4 is 29.7 Å². The highest BCUT2D eigenvalue weighted by Gasteiger charge is 2.17. The van der Waals surface area contributed by atoms with Gasteiger partial charge in [-0.05, 0) is 48.5 Å². The number of hydrogen-bond acceptors (Lipinski definition) is 3. The number of rotatable bonds is 8. The predicted octanol–water partition coefficient (Wildman–Crippen LogP) is 4.50. The third-order valence-corrected chi connectivity index (χ3v) is 4.84. The van der Waals surface area contributed by atoms with Gasteiger partial charge in [-0.25, -0.2) is 0 Å². The summed E-state index contributed by atoms with van der Waals surface area (Å²) in [5.41, 5.74) is 2.46. The number of thiophene rings is 1. The monoisotopic (exact) mass is 366 g/mol. The summed E-state index contributed by atoms with van der Waals surface area (Å²) in [6, 6.07) is 12.6. The average molecular weight is 367 g/mol. The molecule has 0 spiro atoms. The molecule has 0 fully saturated rings. The van der Waals surface area contributed by atoms with Crippen LogP contribution in [0.25, 0.3) is 0 Å². The Labute approximate surface area is 155 Å². The van der Waals surface area contributed by atoms with Crippen molar-refractivity contribution in [3.63, 3.8) is 0 Å². The van der Waals surface area contributed by atoms with Crippen molar-refractivity contribution in [3.05, 3.63) is 57.8 Å². The first-order valence-electron chi connectivity index (χ1n) is 8.19. The molecule has 5 heteroatoms. The summed E-state index contributed by atoms with van der Waals surface area (Å²) in [7, 11) is 1.91. The number of hydrogen-bond donors (Lipinski definition) is 2. The van der Waals surface area contributed by atoms with Crippen LogP contribution in [0.5, 0.6) is 0 Å². The third-order valence-electron chi connectivity index (χ3n) is 3.90. The van der Waals surface area contributed by atoms with Crippen LogP contribution >= 0.6 is 23.7 Å². The second kappa shape index (κ2) is 10.5. The average Bonchev–Trinajstić information content (AvgIpc) is 3.07. The van der Waals surface area contributed by atoms with Gasteiger partial charge in [0.2, 0.25) is 5.91 Å². The first kappa shape index (κ1) is 20.7. The number of nitrogens with one attached hydrogen (secondary N) is 2. The maximum atomic E-state index is 12.2. The summed E-state index contributed by atoms with van der Waals surface area (Å²) in [6.45, 7) is 5.24. The number of halogens is 1. The van der Waals surface area contributed by atoms with E-state index in [9.17, 15) is 4.79 Å². The highest BCUT2D eigenvalue weighted by molar-refractivity contribution is 7.10. The van der Waals surface area contributed by atoms with Crippen molar-refractivity contribution in [1.29, 1.82) is 0 Å². The topological polar surface area (TPSA) is 41.1 Å². The third kappa shape index (κ3) is 5.93. The Morgan fingerprint density at radius 2 is 1.79 bits per heavy atom. The molecule has 2 aromatic rings. The summed E-state index contributed by atoms with van der Waals surface area (Å²) >= 11 is 1.68. The minimum absolute atomic E-state index is 0. The van der Waals surface area contributed by atoms with Gasteiger partial charge < -0.3 is 10.6 Å². The molecule has 3 nitrogen and oxygen atoms in total. The number of benzene rings is 1. The molecule has 0 saturated carbocycles. The van der Waals surface area contributed by atoms with Gasteiger partial charge in [0.15, 0.2) is 0 Å². The molecule has 24 heavy (non-hydrogen) atoms. The molecule has 2 N–H and O–H groups in total. The van der Waals surface area contributed by atoms with Crippen molar-refractivity contribution in [3.8, 4) is 0 Å². The first-order chi connectivity index (χ1) is 11.1. The van der Waals surface area contributed by atoms with Crippen LogP contribution in [-0.4, -0.2) is 19.5 Å². The highest BCUT2D eigenvalue weighted by atomic mass is 35.5. The van der Waals surface area contributed by atoms with E-state index < -0.39 is 0 Å². The van der Waals surface area contributed by atoms with Gasteiger partial charge in [-0.15, -0.1) is 23.7 Å². The van der Waals surface area contributed by atoms with Crippen molar-refractivity contribution in [2.24, 2.45) is 0 Å². The normalized spacial score (nSPS) is 11.8. The zero-order valence-corrected chi connectivity index (χ0v) is 16.2. The number of carbonyl (C=O) groups is 1.